The zero-order chi connectivity index (χ0) is 15.2. The van der Waals surface area contributed by atoms with Gasteiger partial charge in [-0.2, -0.15) is 0 Å². The number of hydrogen-bond acceptors (Lipinski definition) is 3. The molecule has 0 aromatic heterocycles. The van der Waals surface area contributed by atoms with Crippen LogP contribution in [0.1, 0.15) is 46.5 Å². The number of piperidine rings is 1. The van der Waals surface area contributed by atoms with Gasteiger partial charge in [-0.25, -0.2) is 0 Å². The van der Waals surface area contributed by atoms with E-state index in [1.807, 2.05) is 0 Å². The van der Waals surface area contributed by atoms with Gasteiger partial charge in [0.05, 0.1) is 6.54 Å². The number of likely N-dealkylation sites (tertiary alicyclic amines) is 1. The second-order valence-electron chi connectivity index (χ2n) is 7.02. The fraction of sp³-hybridized carbons (Fsp3) is 0.941. The van der Waals surface area contributed by atoms with Gasteiger partial charge in [-0.05, 0) is 32.6 Å². The van der Waals surface area contributed by atoms with Crippen LogP contribution in [0.2, 0.25) is 0 Å². The molecule has 2 aliphatic heterocycles. The van der Waals surface area contributed by atoms with Crippen LogP contribution in [0.4, 0.5) is 0 Å². The molecular formula is C17H33N3O. The first-order valence-electron chi connectivity index (χ1n) is 8.84. The first-order valence-corrected chi connectivity index (χ1v) is 8.84. The summed E-state index contributed by atoms with van der Waals surface area (Å²) in [7, 11) is 0. The topological polar surface area (TPSA) is 26.8 Å². The minimum absolute atomic E-state index is 0.350. The average molecular weight is 295 g/mol. The van der Waals surface area contributed by atoms with Crippen molar-refractivity contribution in [2.24, 2.45) is 5.92 Å². The van der Waals surface area contributed by atoms with E-state index in [-0.39, 0.29) is 0 Å². The molecule has 0 aliphatic carbocycles. The van der Waals surface area contributed by atoms with Gasteiger partial charge in [0.25, 0.3) is 0 Å². The van der Waals surface area contributed by atoms with Crippen LogP contribution >= 0.6 is 0 Å². The zero-order valence-corrected chi connectivity index (χ0v) is 14.2. The fourth-order valence-electron chi connectivity index (χ4n) is 3.61. The van der Waals surface area contributed by atoms with Crippen LogP contribution < -0.4 is 0 Å². The summed E-state index contributed by atoms with van der Waals surface area (Å²) in [5.74, 6) is 1.21. The van der Waals surface area contributed by atoms with Crippen molar-refractivity contribution >= 4 is 5.91 Å². The van der Waals surface area contributed by atoms with Gasteiger partial charge in [-0.3, -0.25) is 14.6 Å². The smallest absolute Gasteiger partial charge is 0.236 e. The Morgan fingerprint density at radius 2 is 1.67 bits per heavy atom. The van der Waals surface area contributed by atoms with Crippen molar-refractivity contribution in [3.8, 4) is 0 Å². The van der Waals surface area contributed by atoms with E-state index in [1.54, 1.807) is 0 Å². The average Bonchev–Trinajstić information content (AvgIpc) is 2.49. The minimum Gasteiger partial charge on any atom is -0.342 e. The normalized spacial score (nSPS) is 23.0. The molecule has 122 valence electrons. The molecule has 0 N–H and O–H groups in total. The predicted octanol–water partition coefficient (Wildman–Crippen LogP) is 2.05. The summed E-state index contributed by atoms with van der Waals surface area (Å²) in [6, 6.07) is 0.625. The molecule has 2 fully saturated rings. The quantitative estimate of drug-likeness (QED) is 0.777. The Hall–Kier alpha value is -0.610. The molecule has 0 aromatic carbocycles. The number of rotatable bonds is 5. The molecule has 0 spiro atoms. The SMILES string of the molecule is CCCC1CCN(C(=O)CN2CCN(C(C)C)CC2)CC1. The molecular weight excluding hydrogens is 262 g/mol. The van der Waals surface area contributed by atoms with Crippen LogP contribution in [0, 0.1) is 5.92 Å². The number of nitrogens with zero attached hydrogens (tertiary/aromatic N) is 3. The van der Waals surface area contributed by atoms with Crippen molar-refractivity contribution in [1.29, 1.82) is 0 Å². The van der Waals surface area contributed by atoms with E-state index >= 15 is 0 Å². The first-order chi connectivity index (χ1) is 10.1. The third-order valence-electron chi connectivity index (χ3n) is 5.16. The molecule has 2 aliphatic rings. The first kappa shape index (κ1) is 16.8. The molecule has 0 atom stereocenters. The van der Waals surface area contributed by atoms with Crippen LogP contribution in [0.5, 0.6) is 0 Å². The molecule has 0 saturated carbocycles. The highest BCUT2D eigenvalue weighted by Crippen LogP contribution is 2.21. The van der Waals surface area contributed by atoms with Gasteiger partial charge in [0.1, 0.15) is 0 Å². The molecule has 4 nitrogen and oxygen atoms in total. The van der Waals surface area contributed by atoms with Gasteiger partial charge in [-0.15, -0.1) is 0 Å². The largest absolute Gasteiger partial charge is 0.342 e. The molecule has 2 rings (SSSR count). The molecule has 2 saturated heterocycles. The summed E-state index contributed by atoms with van der Waals surface area (Å²) < 4.78 is 0. The van der Waals surface area contributed by atoms with E-state index < -0.39 is 0 Å². The second kappa shape index (κ2) is 8.14. The summed E-state index contributed by atoms with van der Waals surface area (Å²) >= 11 is 0. The standard InChI is InChI=1S/C17H33N3O/c1-4-5-16-6-8-20(9-7-16)17(21)14-18-10-12-19(13-11-18)15(2)3/h15-16H,4-14H2,1-3H3. The Balaban J connectivity index is 1.68. The van der Waals surface area contributed by atoms with Crippen molar-refractivity contribution in [2.45, 2.75) is 52.5 Å². The van der Waals surface area contributed by atoms with E-state index in [9.17, 15) is 4.79 Å². The van der Waals surface area contributed by atoms with E-state index in [0.717, 1.165) is 45.2 Å². The summed E-state index contributed by atoms with van der Waals surface area (Å²) in [5.41, 5.74) is 0. The summed E-state index contributed by atoms with van der Waals surface area (Å²) in [4.78, 5) is 19.3. The molecule has 1 amide bonds. The van der Waals surface area contributed by atoms with E-state index in [0.29, 0.717) is 18.5 Å². The maximum absolute atomic E-state index is 12.4. The third kappa shape index (κ3) is 4.96. The molecule has 0 aromatic rings. The van der Waals surface area contributed by atoms with Crippen molar-refractivity contribution in [3.63, 3.8) is 0 Å². The van der Waals surface area contributed by atoms with Gasteiger partial charge in [0, 0.05) is 45.3 Å². The molecule has 0 radical (unpaired) electrons. The molecule has 0 bridgehead atoms. The number of carbonyl (C=O) groups is 1. The summed E-state index contributed by atoms with van der Waals surface area (Å²) in [6.07, 6.45) is 5.03. The highest BCUT2D eigenvalue weighted by atomic mass is 16.2. The molecule has 21 heavy (non-hydrogen) atoms. The van der Waals surface area contributed by atoms with Crippen molar-refractivity contribution in [1.82, 2.24) is 14.7 Å². The summed E-state index contributed by atoms with van der Waals surface area (Å²) in [5, 5.41) is 0. The van der Waals surface area contributed by atoms with Crippen molar-refractivity contribution in [3.05, 3.63) is 0 Å². The highest BCUT2D eigenvalue weighted by molar-refractivity contribution is 5.78. The van der Waals surface area contributed by atoms with Crippen LogP contribution in [-0.4, -0.2) is 72.5 Å². The van der Waals surface area contributed by atoms with Gasteiger partial charge < -0.3 is 4.90 Å². The van der Waals surface area contributed by atoms with Crippen LogP contribution in [0.25, 0.3) is 0 Å². The number of piperazine rings is 1. The van der Waals surface area contributed by atoms with E-state index in [4.69, 9.17) is 0 Å². The second-order valence-corrected chi connectivity index (χ2v) is 7.02. The van der Waals surface area contributed by atoms with Crippen LogP contribution in [0.15, 0.2) is 0 Å². The maximum Gasteiger partial charge on any atom is 0.236 e. The lowest BCUT2D eigenvalue weighted by Crippen LogP contribution is -2.52. The fourth-order valence-corrected chi connectivity index (χ4v) is 3.61. The highest BCUT2D eigenvalue weighted by Gasteiger charge is 2.25. The third-order valence-corrected chi connectivity index (χ3v) is 5.16. The van der Waals surface area contributed by atoms with Gasteiger partial charge >= 0.3 is 0 Å². The molecule has 2 heterocycles. The Kier molecular flexibility index (Phi) is 6.49. The lowest BCUT2D eigenvalue weighted by atomic mass is 9.92. The zero-order valence-electron chi connectivity index (χ0n) is 14.2. The van der Waals surface area contributed by atoms with Gasteiger partial charge in [0.15, 0.2) is 0 Å². The van der Waals surface area contributed by atoms with E-state index in [2.05, 4.69) is 35.5 Å². The lowest BCUT2D eigenvalue weighted by Gasteiger charge is -2.38. The Morgan fingerprint density at radius 1 is 1.05 bits per heavy atom. The van der Waals surface area contributed by atoms with Gasteiger partial charge in [-0.1, -0.05) is 19.8 Å². The van der Waals surface area contributed by atoms with Crippen LogP contribution in [-0.2, 0) is 4.79 Å². The van der Waals surface area contributed by atoms with Crippen LogP contribution in [0.3, 0.4) is 0 Å². The molecule has 0 unspecified atom stereocenters. The molecule has 4 heteroatoms. The Morgan fingerprint density at radius 3 is 2.19 bits per heavy atom. The monoisotopic (exact) mass is 295 g/mol. The minimum atomic E-state index is 0.350. The number of hydrogen-bond donors (Lipinski definition) is 0. The Labute approximate surface area is 130 Å². The van der Waals surface area contributed by atoms with Gasteiger partial charge in [0.2, 0.25) is 5.91 Å². The Bertz CT molecular complexity index is 316. The van der Waals surface area contributed by atoms with E-state index in [1.165, 1.54) is 25.7 Å². The summed E-state index contributed by atoms with van der Waals surface area (Å²) in [6.45, 7) is 13.6. The van der Waals surface area contributed by atoms with Crippen molar-refractivity contribution in [2.75, 3.05) is 45.8 Å². The maximum atomic E-state index is 12.4. The number of carbonyl (C=O) groups excluding carboxylic acids is 1. The number of amides is 1. The lowest BCUT2D eigenvalue weighted by molar-refractivity contribution is -0.134. The predicted molar refractivity (Wildman–Crippen MR) is 87.4 cm³/mol. The van der Waals surface area contributed by atoms with Crippen molar-refractivity contribution < 1.29 is 4.79 Å².